The van der Waals surface area contributed by atoms with Crippen molar-refractivity contribution in [1.82, 2.24) is 25.1 Å². The molecule has 128 valence electrons. The lowest BCUT2D eigenvalue weighted by Gasteiger charge is -2.31. The quantitative estimate of drug-likeness (QED) is 0.770. The van der Waals surface area contributed by atoms with Crippen molar-refractivity contribution < 1.29 is 9.18 Å². The number of carbonyl (C=O) groups is 1. The first-order chi connectivity index (χ1) is 12.2. The van der Waals surface area contributed by atoms with E-state index in [0.29, 0.717) is 29.9 Å². The number of carbonyl (C=O) groups excluding carboxylic acids is 1. The molecule has 6 nitrogen and oxygen atoms in total. The van der Waals surface area contributed by atoms with Gasteiger partial charge in [-0.25, -0.2) is 9.37 Å². The summed E-state index contributed by atoms with van der Waals surface area (Å²) in [6.45, 7) is 1.31. The lowest BCUT2D eigenvalue weighted by molar-refractivity contribution is 0.0705. The van der Waals surface area contributed by atoms with Crippen LogP contribution >= 0.6 is 0 Å². The minimum Gasteiger partial charge on any atom is -0.348 e. The summed E-state index contributed by atoms with van der Waals surface area (Å²) in [5.74, 6) is 0.679. The van der Waals surface area contributed by atoms with Gasteiger partial charge >= 0.3 is 0 Å². The lowest BCUT2D eigenvalue weighted by Crippen LogP contribution is -2.39. The van der Waals surface area contributed by atoms with E-state index in [-0.39, 0.29) is 17.6 Å². The van der Waals surface area contributed by atoms with E-state index in [2.05, 4.69) is 20.2 Å². The molecule has 2 N–H and O–H groups in total. The third-order valence-corrected chi connectivity index (χ3v) is 4.60. The fourth-order valence-corrected chi connectivity index (χ4v) is 3.37. The van der Waals surface area contributed by atoms with Crippen molar-refractivity contribution in [2.75, 3.05) is 13.1 Å². The van der Waals surface area contributed by atoms with Crippen molar-refractivity contribution >= 4 is 5.91 Å². The predicted octanol–water partition coefficient (Wildman–Crippen LogP) is 2.96. The maximum atomic E-state index is 13.5. The van der Waals surface area contributed by atoms with Crippen molar-refractivity contribution in [3.8, 4) is 11.3 Å². The number of piperidine rings is 1. The zero-order chi connectivity index (χ0) is 17.2. The smallest absolute Gasteiger partial charge is 0.257 e. The number of amides is 1. The number of H-pyrrole nitrogens is 2. The molecule has 3 heterocycles. The van der Waals surface area contributed by atoms with E-state index in [1.807, 2.05) is 4.90 Å². The van der Waals surface area contributed by atoms with Crippen LogP contribution in [0, 0.1) is 5.82 Å². The Bertz CT molecular complexity index is 873. The van der Waals surface area contributed by atoms with Crippen LogP contribution in [0.3, 0.4) is 0 Å². The molecule has 0 spiro atoms. The highest BCUT2D eigenvalue weighted by atomic mass is 19.1. The van der Waals surface area contributed by atoms with Crippen molar-refractivity contribution in [1.29, 1.82) is 0 Å². The van der Waals surface area contributed by atoms with Gasteiger partial charge in [0, 0.05) is 37.0 Å². The molecule has 0 saturated carbocycles. The average Bonchev–Trinajstić information content (AvgIpc) is 3.33. The first-order valence-corrected chi connectivity index (χ1v) is 8.30. The van der Waals surface area contributed by atoms with Gasteiger partial charge in [-0.15, -0.1) is 0 Å². The molecule has 1 aliphatic rings. The molecule has 25 heavy (non-hydrogen) atoms. The van der Waals surface area contributed by atoms with E-state index >= 15 is 0 Å². The second-order valence-corrected chi connectivity index (χ2v) is 6.23. The van der Waals surface area contributed by atoms with Crippen LogP contribution in [-0.2, 0) is 0 Å². The van der Waals surface area contributed by atoms with Gasteiger partial charge < -0.3 is 9.88 Å². The topological polar surface area (TPSA) is 77.7 Å². The molecular weight excluding hydrogens is 321 g/mol. The SMILES string of the molecule is O=C(c1cn[nH]c1-c1cccc(F)c1)N1CCCC(c2ncc[nH]2)C1. The summed E-state index contributed by atoms with van der Waals surface area (Å²) in [5, 5.41) is 6.82. The van der Waals surface area contributed by atoms with Gasteiger partial charge in [0.05, 0.1) is 17.5 Å². The Morgan fingerprint density at radius 3 is 3.08 bits per heavy atom. The maximum Gasteiger partial charge on any atom is 0.257 e. The number of aromatic amines is 2. The van der Waals surface area contributed by atoms with Crippen LogP contribution < -0.4 is 0 Å². The summed E-state index contributed by atoms with van der Waals surface area (Å²) in [6, 6.07) is 6.15. The lowest BCUT2D eigenvalue weighted by atomic mass is 9.96. The van der Waals surface area contributed by atoms with Crippen molar-refractivity contribution in [2.45, 2.75) is 18.8 Å². The van der Waals surface area contributed by atoms with Crippen LogP contribution in [-0.4, -0.2) is 44.1 Å². The number of benzene rings is 1. The van der Waals surface area contributed by atoms with E-state index in [0.717, 1.165) is 18.7 Å². The molecule has 1 atom stereocenters. The van der Waals surface area contributed by atoms with Gasteiger partial charge in [0.2, 0.25) is 0 Å². The first-order valence-electron chi connectivity index (χ1n) is 8.30. The molecule has 7 heteroatoms. The van der Waals surface area contributed by atoms with Crippen molar-refractivity contribution in [3.05, 3.63) is 60.1 Å². The summed E-state index contributed by atoms with van der Waals surface area (Å²) in [4.78, 5) is 22.3. The second kappa shape index (κ2) is 6.51. The Hall–Kier alpha value is -2.96. The molecule has 3 aromatic rings. The summed E-state index contributed by atoms with van der Waals surface area (Å²) in [5.41, 5.74) is 1.62. The fourth-order valence-electron chi connectivity index (χ4n) is 3.37. The van der Waals surface area contributed by atoms with Crippen LogP contribution in [0.2, 0.25) is 0 Å². The number of nitrogens with one attached hydrogen (secondary N) is 2. The number of likely N-dealkylation sites (tertiary alicyclic amines) is 1. The van der Waals surface area contributed by atoms with Crippen LogP contribution in [0.5, 0.6) is 0 Å². The summed E-state index contributed by atoms with van der Waals surface area (Å²) >= 11 is 0. The van der Waals surface area contributed by atoms with Crippen molar-refractivity contribution in [3.63, 3.8) is 0 Å². The monoisotopic (exact) mass is 339 g/mol. The molecule has 2 aromatic heterocycles. The summed E-state index contributed by atoms with van der Waals surface area (Å²) in [7, 11) is 0. The molecule has 1 unspecified atom stereocenters. The number of hydrogen-bond acceptors (Lipinski definition) is 3. The third-order valence-electron chi connectivity index (χ3n) is 4.60. The standard InChI is InChI=1S/C18H18FN5O/c19-14-5-1-3-12(9-14)16-15(10-22-23-16)18(25)24-8-2-4-13(11-24)17-20-6-7-21-17/h1,3,5-7,9-10,13H,2,4,8,11H2,(H,20,21)(H,22,23). The Kier molecular flexibility index (Phi) is 4.05. The Morgan fingerprint density at radius 1 is 1.36 bits per heavy atom. The number of rotatable bonds is 3. The van der Waals surface area contributed by atoms with E-state index < -0.39 is 0 Å². The molecule has 0 bridgehead atoms. The molecular formula is C18H18FN5O. The highest BCUT2D eigenvalue weighted by Gasteiger charge is 2.28. The van der Waals surface area contributed by atoms with Crippen molar-refractivity contribution in [2.24, 2.45) is 0 Å². The van der Waals surface area contributed by atoms with Gasteiger partial charge in [-0.05, 0) is 25.0 Å². The number of aromatic nitrogens is 4. The van der Waals surface area contributed by atoms with Crippen LogP contribution in [0.1, 0.15) is 34.9 Å². The summed E-state index contributed by atoms with van der Waals surface area (Å²) < 4.78 is 13.5. The number of nitrogens with zero attached hydrogens (tertiary/aromatic N) is 3. The van der Waals surface area contributed by atoms with Crippen LogP contribution in [0.4, 0.5) is 4.39 Å². The second-order valence-electron chi connectivity index (χ2n) is 6.23. The zero-order valence-corrected chi connectivity index (χ0v) is 13.6. The molecule has 0 radical (unpaired) electrons. The minimum absolute atomic E-state index is 0.0933. The molecule has 1 fully saturated rings. The third kappa shape index (κ3) is 3.05. The predicted molar refractivity (Wildman–Crippen MR) is 90.4 cm³/mol. The first kappa shape index (κ1) is 15.6. The largest absolute Gasteiger partial charge is 0.348 e. The molecule has 1 aliphatic heterocycles. The molecule has 1 amide bonds. The van der Waals surface area contributed by atoms with Crippen LogP contribution in [0.25, 0.3) is 11.3 Å². The van der Waals surface area contributed by atoms with Gasteiger partial charge in [0.1, 0.15) is 11.6 Å². The highest BCUT2D eigenvalue weighted by Crippen LogP contribution is 2.28. The molecule has 4 rings (SSSR count). The Labute approximate surface area is 144 Å². The normalized spacial score (nSPS) is 17.6. The summed E-state index contributed by atoms with van der Waals surface area (Å²) in [6.07, 6.45) is 6.96. The molecule has 0 aliphatic carbocycles. The van der Waals surface area contributed by atoms with Gasteiger partial charge in [-0.3, -0.25) is 9.89 Å². The number of imidazole rings is 1. The maximum absolute atomic E-state index is 13.5. The minimum atomic E-state index is -0.346. The Morgan fingerprint density at radius 2 is 2.28 bits per heavy atom. The Balaban J connectivity index is 1.58. The molecule has 1 aromatic carbocycles. The van der Waals surface area contributed by atoms with Gasteiger partial charge in [-0.2, -0.15) is 5.10 Å². The van der Waals surface area contributed by atoms with E-state index in [1.54, 1.807) is 24.5 Å². The fraction of sp³-hybridized carbons (Fsp3) is 0.278. The highest BCUT2D eigenvalue weighted by molar-refractivity contribution is 5.99. The van der Waals surface area contributed by atoms with E-state index in [4.69, 9.17) is 0 Å². The number of hydrogen-bond donors (Lipinski definition) is 2. The van der Waals surface area contributed by atoms with E-state index in [9.17, 15) is 9.18 Å². The van der Waals surface area contributed by atoms with Crippen LogP contribution in [0.15, 0.2) is 42.9 Å². The van der Waals surface area contributed by atoms with Gasteiger partial charge in [0.25, 0.3) is 5.91 Å². The zero-order valence-electron chi connectivity index (χ0n) is 13.6. The number of halogens is 1. The van der Waals surface area contributed by atoms with Gasteiger partial charge in [0.15, 0.2) is 0 Å². The molecule has 1 saturated heterocycles. The average molecular weight is 339 g/mol. The van der Waals surface area contributed by atoms with Gasteiger partial charge in [-0.1, -0.05) is 12.1 Å². The van der Waals surface area contributed by atoms with E-state index in [1.165, 1.54) is 18.3 Å².